The number of carbonyl (C=O) groups excluding carboxylic acids is 1. The molecular weight excluding hydrogens is 250 g/mol. The molecular formula is C17H23NO2. The predicted molar refractivity (Wildman–Crippen MR) is 82.8 cm³/mol. The summed E-state index contributed by atoms with van der Waals surface area (Å²) < 4.78 is 0. The average Bonchev–Trinajstić information content (AvgIpc) is 2.46. The van der Waals surface area contributed by atoms with Gasteiger partial charge < -0.3 is 10.0 Å². The molecule has 20 heavy (non-hydrogen) atoms. The van der Waals surface area contributed by atoms with Crippen molar-refractivity contribution in [2.75, 3.05) is 19.0 Å². The summed E-state index contributed by atoms with van der Waals surface area (Å²) in [5.41, 5.74) is 0.973. The standard InChI is InChI=1S/C17H23NO2/c1-18(2)15-9-6-14(7-10-15)8-11-16(19)17(20)12-4-3-5-13-17/h6-11,20H,3-5,12-13H2,1-2H3. The van der Waals surface area contributed by atoms with Crippen molar-refractivity contribution >= 4 is 17.5 Å². The van der Waals surface area contributed by atoms with E-state index in [4.69, 9.17) is 0 Å². The minimum Gasteiger partial charge on any atom is -0.382 e. The molecule has 0 amide bonds. The lowest BCUT2D eigenvalue weighted by Gasteiger charge is -2.29. The van der Waals surface area contributed by atoms with Gasteiger partial charge in [-0.15, -0.1) is 0 Å². The van der Waals surface area contributed by atoms with E-state index in [0.29, 0.717) is 12.8 Å². The molecule has 1 aromatic rings. The van der Waals surface area contributed by atoms with Crippen LogP contribution in [0.3, 0.4) is 0 Å². The Morgan fingerprint density at radius 3 is 2.30 bits per heavy atom. The number of hydrogen-bond donors (Lipinski definition) is 1. The highest BCUT2D eigenvalue weighted by atomic mass is 16.3. The van der Waals surface area contributed by atoms with Crippen LogP contribution in [-0.4, -0.2) is 30.6 Å². The summed E-state index contributed by atoms with van der Waals surface area (Å²) in [7, 11) is 3.99. The van der Waals surface area contributed by atoms with Crippen molar-refractivity contribution in [2.45, 2.75) is 37.7 Å². The van der Waals surface area contributed by atoms with E-state index >= 15 is 0 Å². The first-order valence-corrected chi connectivity index (χ1v) is 7.23. The largest absolute Gasteiger partial charge is 0.382 e. The van der Waals surface area contributed by atoms with E-state index < -0.39 is 5.60 Å². The first kappa shape index (κ1) is 14.8. The van der Waals surface area contributed by atoms with E-state index in [2.05, 4.69) is 0 Å². The Morgan fingerprint density at radius 2 is 1.75 bits per heavy atom. The molecule has 0 spiro atoms. The highest BCUT2D eigenvalue weighted by Gasteiger charge is 2.34. The first-order valence-electron chi connectivity index (χ1n) is 7.23. The highest BCUT2D eigenvalue weighted by Crippen LogP contribution is 2.29. The Morgan fingerprint density at radius 1 is 1.15 bits per heavy atom. The summed E-state index contributed by atoms with van der Waals surface area (Å²) in [6.07, 6.45) is 7.49. The number of rotatable bonds is 4. The van der Waals surface area contributed by atoms with Crippen molar-refractivity contribution < 1.29 is 9.90 Å². The number of nitrogens with zero attached hydrogens (tertiary/aromatic N) is 1. The van der Waals surface area contributed by atoms with Crippen molar-refractivity contribution in [3.8, 4) is 0 Å². The lowest BCUT2D eigenvalue weighted by atomic mass is 9.81. The topological polar surface area (TPSA) is 40.5 Å². The minimum atomic E-state index is -1.13. The van der Waals surface area contributed by atoms with Gasteiger partial charge in [0.05, 0.1) is 0 Å². The fourth-order valence-corrected chi connectivity index (χ4v) is 2.59. The fraction of sp³-hybridized carbons (Fsp3) is 0.471. The van der Waals surface area contributed by atoms with Gasteiger partial charge in [-0.25, -0.2) is 0 Å². The second-order valence-corrected chi connectivity index (χ2v) is 5.78. The third-order valence-electron chi connectivity index (χ3n) is 3.98. The molecule has 1 N–H and O–H groups in total. The van der Waals surface area contributed by atoms with Gasteiger partial charge in [-0.05, 0) is 36.6 Å². The monoisotopic (exact) mass is 273 g/mol. The summed E-state index contributed by atoms with van der Waals surface area (Å²) in [5, 5.41) is 10.3. The van der Waals surface area contributed by atoms with Crippen LogP contribution in [0.15, 0.2) is 30.3 Å². The van der Waals surface area contributed by atoms with Crippen LogP contribution in [0.5, 0.6) is 0 Å². The molecule has 3 nitrogen and oxygen atoms in total. The van der Waals surface area contributed by atoms with Crippen LogP contribution in [0.25, 0.3) is 6.08 Å². The highest BCUT2D eigenvalue weighted by molar-refractivity contribution is 5.99. The summed E-state index contributed by atoms with van der Waals surface area (Å²) in [6, 6.07) is 7.98. The van der Waals surface area contributed by atoms with Crippen LogP contribution in [0.2, 0.25) is 0 Å². The number of anilines is 1. The first-order chi connectivity index (χ1) is 9.51. The molecule has 0 aromatic heterocycles. The molecule has 108 valence electrons. The molecule has 0 bridgehead atoms. The number of hydrogen-bond acceptors (Lipinski definition) is 3. The molecule has 2 rings (SSSR count). The maximum Gasteiger partial charge on any atom is 0.187 e. The molecule has 0 atom stereocenters. The second-order valence-electron chi connectivity index (χ2n) is 5.78. The van der Waals surface area contributed by atoms with Crippen molar-refractivity contribution in [3.05, 3.63) is 35.9 Å². The quantitative estimate of drug-likeness (QED) is 0.857. The second kappa shape index (κ2) is 6.23. The molecule has 0 aliphatic heterocycles. The number of ketones is 1. The number of carbonyl (C=O) groups is 1. The fourth-order valence-electron chi connectivity index (χ4n) is 2.59. The molecule has 1 aliphatic carbocycles. The molecule has 0 unspecified atom stereocenters. The van der Waals surface area contributed by atoms with Crippen LogP contribution in [-0.2, 0) is 4.79 Å². The maximum absolute atomic E-state index is 12.1. The Hall–Kier alpha value is -1.61. The Kier molecular flexibility index (Phi) is 4.61. The van der Waals surface area contributed by atoms with Gasteiger partial charge in [0.2, 0.25) is 0 Å². The SMILES string of the molecule is CN(C)c1ccc(C=CC(=O)C2(O)CCCCC2)cc1. The summed E-state index contributed by atoms with van der Waals surface area (Å²) in [6.45, 7) is 0. The van der Waals surface area contributed by atoms with Crippen LogP contribution >= 0.6 is 0 Å². The van der Waals surface area contributed by atoms with Crippen LogP contribution < -0.4 is 4.90 Å². The normalized spacial score (nSPS) is 18.1. The lowest BCUT2D eigenvalue weighted by Crippen LogP contribution is -2.39. The summed E-state index contributed by atoms with van der Waals surface area (Å²) in [5.74, 6) is -0.158. The zero-order chi connectivity index (χ0) is 14.6. The van der Waals surface area contributed by atoms with Crippen LogP contribution in [0.4, 0.5) is 5.69 Å². The van der Waals surface area contributed by atoms with Crippen LogP contribution in [0.1, 0.15) is 37.7 Å². The van der Waals surface area contributed by atoms with Gasteiger partial charge in [0.15, 0.2) is 5.78 Å². The van der Waals surface area contributed by atoms with E-state index in [9.17, 15) is 9.90 Å². The van der Waals surface area contributed by atoms with Gasteiger partial charge in [-0.1, -0.05) is 37.5 Å². The van der Waals surface area contributed by atoms with Crippen molar-refractivity contribution in [2.24, 2.45) is 0 Å². The van der Waals surface area contributed by atoms with Crippen molar-refractivity contribution in [3.63, 3.8) is 0 Å². The minimum absolute atomic E-state index is 0.158. The molecule has 1 saturated carbocycles. The van der Waals surface area contributed by atoms with E-state index in [1.54, 1.807) is 6.08 Å². The van der Waals surface area contributed by atoms with E-state index in [-0.39, 0.29) is 5.78 Å². The van der Waals surface area contributed by atoms with Gasteiger partial charge in [-0.2, -0.15) is 0 Å². The van der Waals surface area contributed by atoms with Gasteiger partial charge in [0.1, 0.15) is 5.60 Å². The van der Waals surface area contributed by atoms with Gasteiger partial charge in [0, 0.05) is 19.8 Å². The van der Waals surface area contributed by atoms with Crippen LogP contribution in [0, 0.1) is 0 Å². The number of benzene rings is 1. The maximum atomic E-state index is 12.1. The molecule has 3 heteroatoms. The van der Waals surface area contributed by atoms with Gasteiger partial charge >= 0.3 is 0 Å². The molecule has 1 fully saturated rings. The third-order valence-corrected chi connectivity index (χ3v) is 3.98. The predicted octanol–water partition coefficient (Wildman–Crippen LogP) is 3.03. The Bertz CT molecular complexity index is 482. The molecule has 0 saturated heterocycles. The molecule has 1 aromatic carbocycles. The zero-order valence-corrected chi connectivity index (χ0v) is 12.3. The molecule has 0 radical (unpaired) electrons. The third kappa shape index (κ3) is 3.48. The Labute approximate surface area is 120 Å². The van der Waals surface area contributed by atoms with E-state index in [1.807, 2.05) is 43.3 Å². The van der Waals surface area contributed by atoms with Gasteiger partial charge in [-0.3, -0.25) is 4.79 Å². The van der Waals surface area contributed by atoms with Gasteiger partial charge in [0.25, 0.3) is 0 Å². The van der Waals surface area contributed by atoms with E-state index in [0.717, 1.165) is 30.5 Å². The van der Waals surface area contributed by atoms with E-state index in [1.165, 1.54) is 6.08 Å². The zero-order valence-electron chi connectivity index (χ0n) is 12.3. The summed E-state index contributed by atoms with van der Waals surface area (Å²) in [4.78, 5) is 14.2. The molecule has 1 aliphatic rings. The average molecular weight is 273 g/mol. The Balaban J connectivity index is 2.03. The van der Waals surface area contributed by atoms with Crippen molar-refractivity contribution in [1.82, 2.24) is 0 Å². The summed E-state index contributed by atoms with van der Waals surface area (Å²) >= 11 is 0. The lowest BCUT2D eigenvalue weighted by molar-refractivity contribution is -0.135. The number of aliphatic hydroxyl groups is 1. The van der Waals surface area contributed by atoms with Crippen molar-refractivity contribution in [1.29, 1.82) is 0 Å². The molecule has 0 heterocycles. The smallest absolute Gasteiger partial charge is 0.187 e.